The van der Waals surface area contributed by atoms with Crippen molar-refractivity contribution >= 4 is 5.97 Å². The zero-order valence-corrected chi connectivity index (χ0v) is 11.0. The Morgan fingerprint density at radius 2 is 1.65 bits per heavy atom. The van der Waals surface area contributed by atoms with Crippen molar-refractivity contribution in [1.29, 1.82) is 0 Å². The number of carbonyl (C=O) groups is 1. The summed E-state index contributed by atoms with van der Waals surface area (Å²) >= 11 is 0. The minimum Gasteiger partial charge on any atom is -0.435 e. The van der Waals surface area contributed by atoms with Crippen molar-refractivity contribution in [1.82, 2.24) is 0 Å². The summed E-state index contributed by atoms with van der Waals surface area (Å²) in [4.78, 5) is 11.0. The van der Waals surface area contributed by atoms with Crippen molar-refractivity contribution in [2.75, 3.05) is 26.6 Å². The van der Waals surface area contributed by atoms with Gasteiger partial charge in [0.1, 0.15) is 0 Å². The Balaban J connectivity index is 3.08. The molecule has 0 aromatic heterocycles. The van der Waals surface area contributed by atoms with Crippen molar-refractivity contribution in [2.45, 2.75) is 39.5 Å². The molecule has 17 heavy (non-hydrogen) atoms. The van der Waals surface area contributed by atoms with Gasteiger partial charge in [0.25, 0.3) is 0 Å². The van der Waals surface area contributed by atoms with Crippen LogP contribution in [0.3, 0.4) is 0 Å². The molecule has 0 fully saturated rings. The topological polar surface area (TPSA) is 44.8 Å². The van der Waals surface area contributed by atoms with Gasteiger partial charge in [-0.3, -0.25) is 0 Å². The fourth-order valence-corrected chi connectivity index (χ4v) is 1.03. The molecule has 0 spiro atoms. The predicted molar refractivity (Wildman–Crippen MR) is 66.7 cm³/mol. The monoisotopic (exact) mass is 244 g/mol. The van der Waals surface area contributed by atoms with Gasteiger partial charge in [-0.05, 0) is 26.2 Å². The molecule has 0 saturated carbocycles. The Labute approximate surface area is 104 Å². The minimum absolute atomic E-state index is 0.00237. The number of ether oxygens (including phenoxy) is 3. The predicted octanol–water partition coefficient (Wildman–Crippen LogP) is 2.68. The Hall–Kier alpha value is -0.870. The smallest absolute Gasteiger partial charge is 0.335 e. The molecule has 100 valence electrons. The van der Waals surface area contributed by atoms with E-state index in [0.29, 0.717) is 12.2 Å². The third kappa shape index (κ3) is 11.4. The summed E-state index contributed by atoms with van der Waals surface area (Å²) in [6, 6.07) is 0. The molecule has 0 N–H and O–H groups in total. The maximum atomic E-state index is 11.0. The average molecular weight is 244 g/mol. The SMILES string of the molecule is C=C(C)C(=O)OCOCCCCOCCCC. The molecule has 0 bridgehead atoms. The van der Waals surface area contributed by atoms with Crippen LogP contribution >= 0.6 is 0 Å². The van der Waals surface area contributed by atoms with Crippen molar-refractivity contribution in [3.63, 3.8) is 0 Å². The highest BCUT2D eigenvalue weighted by molar-refractivity contribution is 5.86. The van der Waals surface area contributed by atoms with Crippen LogP contribution in [-0.2, 0) is 19.0 Å². The fourth-order valence-electron chi connectivity index (χ4n) is 1.03. The Kier molecular flexibility index (Phi) is 11.0. The molecule has 0 aliphatic heterocycles. The van der Waals surface area contributed by atoms with Gasteiger partial charge < -0.3 is 14.2 Å². The van der Waals surface area contributed by atoms with Crippen molar-refractivity contribution in [2.24, 2.45) is 0 Å². The summed E-state index contributed by atoms with van der Waals surface area (Å²) in [5, 5.41) is 0. The van der Waals surface area contributed by atoms with E-state index in [2.05, 4.69) is 13.5 Å². The molecule has 0 radical (unpaired) electrons. The van der Waals surface area contributed by atoms with E-state index in [1.807, 2.05) is 0 Å². The molecule has 0 aliphatic carbocycles. The summed E-state index contributed by atoms with van der Waals surface area (Å²) in [7, 11) is 0. The normalized spacial score (nSPS) is 10.2. The third-order valence-electron chi connectivity index (χ3n) is 2.09. The van der Waals surface area contributed by atoms with E-state index in [0.717, 1.165) is 38.9 Å². The first-order chi connectivity index (χ1) is 8.18. The molecule has 0 atom stereocenters. The first kappa shape index (κ1) is 16.1. The maximum Gasteiger partial charge on any atom is 0.335 e. The molecule has 0 heterocycles. The molecule has 0 unspecified atom stereocenters. The van der Waals surface area contributed by atoms with Gasteiger partial charge in [-0.15, -0.1) is 0 Å². The van der Waals surface area contributed by atoms with Gasteiger partial charge >= 0.3 is 5.97 Å². The molecular weight excluding hydrogens is 220 g/mol. The average Bonchev–Trinajstić information content (AvgIpc) is 2.31. The van der Waals surface area contributed by atoms with E-state index in [1.54, 1.807) is 6.92 Å². The highest BCUT2D eigenvalue weighted by Crippen LogP contribution is 1.96. The highest BCUT2D eigenvalue weighted by atomic mass is 16.7. The van der Waals surface area contributed by atoms with Crippen LogP contribution in [0.15, 0.2) is 12.2 Å². The molecule has 0 aliphatic rings. The van der Waals surface area contributed by atoms with Gasteiger partial charge in [0.15, 0.2) is 6.79 Å². The Morgan fingerprint density at radius 1 is 1.06 bits per heavy atom. The van der Waals surface area contributed by atoms with E-state index < -0.39 is 5.97 Å². The molecule has 4 heteroatoms. The molecule has 0 aromatic rings. The van der Waals surface area contributed by atoms with Gasteiger partial charge in [-0.1, -0.05) is 19.9 Å². The first-order valence-corrected chi connectivity index (χ1v) is 6.16. The van der Waals surface area contributed by atoms with Crippen LogP contribution in [0.4, 0.5) is 0 Å². The summed E-state index contributed by atoms with van der Waals surface area (Å²) in [6.45, 7) is 9.42. The van der Waals surface area contributed by atoms with Gasteiger partial charge in [0.05, 0.1) is 6.61 Å². The number of hydrogen-bond acceptors (Lipinski definition) is 4. The van der Waals surface area contributed by atoms with E-state index in [-0.39, 0.29) is 6.79 Å². The number of hydrogen-bond donors (Lipinski definition) is 0. The van der Waals surface area contributed by atoms with E-state index in [9.17, 15) is 4.79 Å². The van der Waals surface area contributed by atoms with Crippen LogP contribution in [0.1, 0.15) is 39.5 Å². The summed E-state index contributed by atoms with van der Waals surface area (Å²) in [6.07, 6.45) is 4.17. The fraction of sp³-hybridized carbons (Fsp3) is 0.769. The summed E-state index contributed by atoms with van der Waals surface area (Å²) in [5.74, 6) is -0.409. The standard InChI is InChI=1S/C13H24O4/c1-4-5-8-15-9-6-7-10-16-11-17-13(14)12(2)3/h2,4-11H2,1,3H3. The van der Waals surface area contributed by atoms with Crippen molar-refractivity contribution < 1.29 is 19.0 Å². The zero-order chi connectivity index (χ0) is 12.9. The van der Waals surface area contributed by atoms with E-state index in [4.69, 9.17) is 14.2 Å². The van der Waals surface area contributed by atoms with Gasteiger partial charge in [0, 0.05) is 18.8 Å². The second kappa shape index (κ2) is 11.6. The maximum absolute atomic E-state index is 11.0. The lowest BCUT2D eigenvalue weighted by atomic mass is 10.3. The van der Waals surface area contributed by atoms with Gasteiger partial charge in [-0.2, -0.15) is 0 Å². The van der Waals surface area contributed by atoms with E-state index >= 15 is 0 Å². The minimum atomic E-state index is -0.409. The molecule has 0 rings (SSSR count). The number of esters is 1. The Morgan fingerprint density at radius 3 is 2.24 bits per heavy atom. The summed E-state index contributed by atoms with van der Waals surface area (Å²) < 4.78 is 15.3. The lowest BCUT2D eigenvalue weighted by Crippen LogP contribution is -2.09. The van der Waals surface area contributed by atoms with Crippen molar-refractivity contribution in [3.8, 4) is 0 Å². The number of carbonyl (C=O) groups excluding carboxylic acids is 1. The molecule has 4 nitrogen and oxygen atoms in total. The van der Waals surface area contributed by atoms with E-state index in [1.165, 1.54) is 0 Å². The van der Waals surface area contributed by atoms with Crippen LogP contribution in [0, 0.1) is 0 Å². The third-order valence-corrected chi connectivity index (χ3v) is 2.09. The van der Waals surface area contributed by atoms with Crippen LogP contribution in [-0.4, -0.2) is 32.6 Å². The highest BCUT2D eigenvalue weighted by Gasteiger charge is 2.01. The van der Waals surface area contributed by atoms with Gasteiger partial charge in [0.2, 0.25) is 0 Å². The van der Waals surface area contributed by atoms with Gasteiger partial charge in [-0.25, -0.2) is 4.79 Å². The van der Waals surface area contributed by atoms with Crippen LogP contribution in [0.2, 0.25) is 0 Å². The first-order valence-electron chi connectivity index (χ1n) is 6.16. The Bertz CT molecular complexity index is 213. The van der Waals surface area contributed by atoms with Crippen LogP contribution in [0.25, 0.3) is 0 Å². The van der Waals surface area contributed by atoms with Crippen LogP contribution in [0.5, 0.6) is 0 Å². The number of unbranched alkanes of at least 4 members (excludes halogenated alkanes) is 2. The second-order valence-electron chi connectivity index (χ2n) is 3.91. The second-order valence-corrected chi connectivity index (χ2v) is 3.91. The molecular formula is C13H24O4. The largest absolute Gasteiger partial charge is 0.435 e. The van der Waals surface area contributed by atoms with Crippen LogP contribution < -0.4 is 0 Å². The quantitative estimate of drug-likeness (QED) is 0.242. The lowest BCUT2D eigenvalue weighted by Gasteiger charge is -2.06. The molecule has 0 aromatic carbocycles. The summed E-state index contributed by atoms with van der Waals surface area (Å²) in [5.41, 5.74) is 0.387. The molecule has 0 saturated heterocycles. The van der Waals surface area contributed by atoms with Crippen molar-refractivity contribution in [3.05, 3.63) is 12.2 Å². The number of rotatable bonds is 11. The lowest BCUT2D eigenvalue weighted by molar-refractivity contribution is -0.151. The molecule has 0 amide bonds. The zero-order valence-electron chi connectivity index (χ0n) is 11.0.